The SMILES string of the molecule is CCCn1c(=O)c2c(=O)n3cc(Cl)ccc3nc2n(CCC)c1=O. The summed E-state index contributed by atoms with van der Waals surface area (Å²) in [5.41, 5.74) is -1.07. The molecule has 0 spiro atoms. The van der Waals surface area contributed by atoms with Crippen molar-refractivity contribution in [3.8, 4) is 0 Å². The van der Waals surface area contributed by atoms with E-state index in [1.54, 1.807) is 12.1 Å². The van der Waals surface area contributed by atoms with Crippen LogP contribution in [0.25, 0.3) is 16.7 Å². The van der Waals surface area contributed by atoms with Gasteiger partial charge in [0.05, 0.1) is 5.02 Å². The Kier molecular flexibility index (Phi) is 4.28. The molecule has 7 nitrogen and oxygen atoms in total. The number of halogens is 1. The molecule has 0 saturated heterocycles. The van der Waals surface area contributed by atoms with Crippen molar-refractivity contribution >= 4 is 28.3 Å². The van der Waals surface area contributed by atoms with Crippen LogP contribution in [0.4, 0.5) is 0 Å². The third kappa shape index (κ3) is 2.45. The van der Waals surface area contributed by atoms with Crippen LogP contribution in [-0.2, 0) is 13.1 Å². The maximum absolute atomic E-state index is 12.8. The summed E-state index contributed by atoms with van der Waals surface area (Å²) in [5, 5.41) is 0.276. The number of fused-ring (bicyclic) bond motifs is 2. The highest BCUT2D eigenvalue weighted by Crippen LogP contribution is 2.10. The van der Waals surface area contributed by atoms with Gasteiger partial charge in [0.15, 0.2) is 5.65 Å². The van der Waals surface area contributed by atoms with E-state index in [0.29, 0.717) is 30.1 Å². The van der Waals surface area contributed by atoms with Crippen LogP contribution in [0.1, 0.15) is 26.7 Å². The van der Waals surface area contributed by atoms with Gasteiger partial charge >= 0.3 is 5.69 Å². The molecule has 8 heteroatoms. The minimum atomic E-state index is -0.601. The van der Waals surface area contributed by atoms with Crippen molar-refractivity contribution < 1.29 is 0 Å². The molecule has 0 atom stereocenters. The second-order valence-electron chi connectivity index (χ2n) is 5.58. The molecule has 0 bridgehead atoms. The normalized spacial score (nSPS) is 11.5. The van der Waals surface area contributed by atoms with E-state index in [1.807, 2.05) is 13.8 Å². The standard InChI is InChI=1S/C16H17ClN4O3/c1-3-7-19-13-12(14(22)20(8-4-2)16(19)24)15(23)21-9-10(17)5-6-11(21)18-13/h5-6,9H,3-4,7-8H2,1-2H3. The maximum atomic E-state index is 12.8. The van der Waals surface area contributed by atoms with Crippen molar-refractivity contribution in [1.82, 2.24) is 18.5 Å². The lowest BCUT2D eigenvalue weighted by molar-refractivity contribution is 0.554. The van der Waals surface area contributed by atoms with Gasteiger partial charge in [-0.1, -0.05) is 25.4 Å². The third-order valence-electron chi connectivity index (χ3n) is 3.84. The topological polar surface area (TPSA) is 78.4 Å². The molecule has 0 aliphatic heterocycles. The van der Waals surface area contributed by atoms with Crippen molar-refractivity contribution in [2.45, 2.75) is 39.8 Å². The second-order valence-corrected chi connectivity index (χ2v) is 6.02. The van der Waals surface area contributed by atoms with Gasteiger partial charge in [-0.3, -0.25) is 23.1 Å². The van der Waals surface area contributed by atoms with E-state index in [1.165, 1.54) is 15.2 Å². The fourth-order valence-corrected chi connectivity index (χ4v) is 2.95. The summed E-state index contributed by atoms with van der Waals surface area (Å²) in [6.45, 7) is 4.43. The largest absolute Gasteiger partial charge is 0.332 e. The summed E-state index contributed by atoms with van der Waals surface area (Å²) in [6.07, 6.45) is 2.71. The Balaban J connectivity index is 2.60. The Hall–Kier alpha value is -2.41. The van der Waals surface area contributed by atoms with Gasteiger partial charge in [0.25, 0.3) is 11.1 Å². The Morgan fingerprint density at radius 3 is 2.33 bits per heavy atom. The zero-order valence-electron chi connectivity index (χ0n) is 13.5. The predicted octanol–water partition coefficient (Wildman–Crippen LogP) is 1.64. The van der Waals surface area contributed by atoms with E-state index in [9.17, 15) is 14.4 Å². The van der Waals surface area contributed by atoms with Crippen LogP contribution in [-0.4, -0.2) is 18.5 Å². The summed E-state index contributed by atoms with van der Waals surface area (Å²) in [5.74, 6) is 0. The van der Waals surface area contributed by atoms with Crippen molar-refractivity contribution in [1.29, 1.82) is 0 Å². The lowest BCUT2D eigenvalue weighted by atomic mass is 10.3. The molecular weight excluding hydrogens is 332 g/mol. The van der Waals surface area contributed by atoms with Crippen LogP contribution in [0.5, 0.6) is 0 Å². The summed E-state index contributed by atoms with van der Waals surface area (Å²) in [7, 11) is 0. The van der Waals surface area contributed by atoms with Gasteiger partial charge in [-0.05, 0) is 25.0 Å². The van der Waals surface area contributed by atoms with Gasteiger partial charge in [0.2, 0.25) is 0 Å². The summed E-state index contributed by atoms with van der Waals surface area (Å²) >= 11 is 5.94. The highest BCUT2D eigenvalue weighted by Gasteiger charge is 2.18. The molecule has 3 heterocycles. The average Bonchev–Trinajstić information content (AvgIpc) is 2.56. The number of pyridine rings is 1. The monoisotopic (exact) mass is 348 g/mol. The Labute approximate surface area is 141 Å². The maximum Gasteiger partial charge on any atom is 0.332 e. The van der Waals surface area contributed by atoms with E-state index in [0.717, 1.165) is 4.57 Å². The minimum Gasteiger partial charge on any atom is -0.277 e. The van der Waals surface area contributed by atoms with Crippen LogP contribution >= 0.6 is 11.6 Å². The van der Waals surface area contributed by atoms with E-state index in [4.69, 9.17) is 11.6 Å². The number of hydrogen-bond donors (Lipinski definition) is 0. The number of rotatable bonds is 4. The molecule has 126 valence electrons. The molecule has 0 aliphatic rings. The van der Waals surface area contributed by atoms with Crippen LogP contribution < -0.4 is 16.8 Å². The number of aryl methyl sites for hydroxylation is 1. The first kappa shape index (κ1) is 16.4. The summed E-state index contributed by atoms with van der Waals surface area (Å²) in [4.78, 5) is 42.5. The van der Waals surface area contributed by atoms with Crippen LogP contribution in [0.15, 0.2) is 32.7 Å². The summed E-state index contributed by atoms with van der Waals surface area (Å²) in [6, 6.07) is 3.19. The molecule has 0 fully saturated rings. The zero-order chi connectivity index (χ0) is 17.4. The Morgan fingerprint density at radius 1 is 1.00 bits per heavy atom. The molecule has 0 aromatic carbocycles. The number of nitrogens with zero attached hydrogens (tertiary/aromatic N) is 4. The van der Waals surface area contributed by atoms with Crippen LogP contribution in [0.3, 0.4) is 0 Å². The van der Waals surface area contributed by atoms with E-state index in [-0.39, 0.29) is 17.6 Å². The third-order valence-corrected chi connectivity index (χ3v) is 4.06. The highest BCUT2D eigenvalue weighted by atomic mass is 35.5. The average molecular weight is 349 g/mol. The van der Waals surface area contributed by atoms with Crippen molar-refractivity contribution in [2.24, 2.45) is 0 Å². The fourth-order valence-electron chi connectivity index (χ4n) is 2.79. The summed E-state index contributed by atoms with van der Waals surface area (Å²) < 4.78 is 3.75. The quantitative estimate of drug-likeness (QED) is 0.671. The van der Waals surface area contributed by atoms with Gasteiger partial charge in [-0.2, -0.15) is 0 Å². The smallest absolute Gasteiger partial charge is 0.277 e. The first-order chi connectivity index (χ1) is 11.5. The lowest BCUT2D eigenvalue weighted by Crippen LogP contribution is -2.43. The van der Waals surface area contributed by atoms with Crippen LogP contribution in [0.2, 0.25) is 5.02 Å². The molecule has 0 radical (unpaired) electrons. The Morgan fingerprint density at radius 2 is 1.67 bits per heavy atom. The van der Waals surface area contributed by atoms with E-state index >= 15 is 0 Å². The first-order valence-electron chi connectivity index (χ1n) is 7.84. The van der Waals surface area contributed by atoms with Gasteiger partial charge < -0.3 is 0 Å². The van der Waals surface area contributed by atoms with Gasteiger partial charge in [-0.15, -0.1) is 0 Å². The molecule has 24 heavy (non-hydrogen) atoms. The van der Waals surface area contributed by atoms with E-state index < -0.39 is 16.8 Å². The van der Waals surface area contributed by atoms with Gasteiger partial charge in [0, 0.05) is 19.3 Å². The molecule has 0 N–H and O–H groups in total. The fraction of sp³-hybridized carbons (Fsp3) is 0.375. The second kappa shape index (κ2) is 6.24. The molecular formula is C16H17ClN4O3. The molecule has 0 aliphatic carbocycles. The van der Waals surface area contributed by atoms with Crippen LogP contribution in [0, 0.1) is 0 Å². The molecule has 3 aromatic rings. The molecule has 3 rings (SSSR count). The molecule has 0 saturated carbocycles. The number of aromatic nitrogens is 4. The molecule has 0 unspecified atom stereocenters. The first-order valence-corrected chi connectivity index (χ1v) is 8.22. The predicted molar refractivity (Wildman–Crippen MR) is 93.1 cm³/mol. The minimum absolute atomic E-state index is 0.0868. The molecule has 0 amide bonds. The molecule has 3 aromatic heterocycles. The van der Waals surface area contributed by atoms with Crippen molar-refractivity contribution in [3.63, 3.8) is 0 Å². The highest BCUT2D eigenvalue weighted by molar-refractivity contribution is 6.30. The Bertz CT molecular complexity index is 1110. The van der Waals surface area contributed by atoms with E-state index in [2.05, 4.69) is 4.98 Å². The van der Waals surface area contributed by atoms with Gasteiger partial charge in [-0.25, -0.2) is 9.78 Å². The lowest BCUT2D eigenvalue weighted by Gasteiger charge is -2.13. The zero-order valence-corrected chi connectivity index (χ0v) is 14.2. The van der Waals surface area contributed by atoms with Gasteiger partial charge in [0.1, 0.15) is 11.0 Å². The number of hydrogen-bond acceptors (Lipinski definition) is 4. The van der Waals surface area contributed by atoms with Crippen molar-refractivity contribution in [2.75, 3.05) is 0 Å². The van der Waals surface area contributed by atoms with Crippen molar-refractivity contribution in [3.05, 3.63) is 54.5 Å².